The van der Waals surface area contributed by atoms with Gasteiger partial charge in [-0.2, -0.15) is 0 Å². The van der Waals surface area contributed by atoms with Crippen LogP contribution in [0.2, 0.25) is 0 Å². The number of piperidine rings is 1. The van der Waals surface area contributed by atoms with Crippen LogP contribution in [-0.4, -0.2) is 31.3 Å². The number of ether oxygens (including phenoxy) is 1. The molecule has 1 unspecified atom stereocenters. The summed E-state index contributed by atoms with van der Waals surface area (Å²) in [6.45, 7) is 5.92. The van der Waals surface area contributed by atoms with Crippen LogP contribution in [0.25, 0.3) is 0 Å². The van der Waals surface area contributed by atoms with Crippen molar-refractivity contribution in [3.8, 4) is 0 Å². The van der Waals surface area contributed by atoms with Gasteiger partial charge in [0.25, 0.3) is 0 Å². The minimum atomic E-state index is 0.647. The number of pyridine rings is 1. The summed E-state index contributed by atoms with van der Waals surface area (Å²) in [6.07, 6.45) is 4.37. The Morgan fingerprint density at radius 3 is 3.12 bits per heavy atom. The molecule has 0 spiro atoms. The van der Waals surface area contributed by atoms with Crippen LogP contribution in [0, 0.1) is 5.92 Å². The summed E-state index contributed by atoms with van der Waals surface area (Å²) >= 11 is 3.41. The summed E-state index contributed by atoms with van der Waals surface area (Å²) in [5.74, 6) is 1.73. The molecule has 1 saturated heterocycles. The van der Waals surface area contributed by atoms with E-state index >= 15 is 0 Å². The summed E-state index contributed by atoms with van der Waals surface area (Å²) in [5.41, 5.74) is 0. The SMILES string of the molecule is CCOCC1CCCN(c2ccc(Br)cn2)C1. The van der Waals surface area contributed by atoms with Crippen molar-refractivity contribution in [1.82, 2.24) is 4.98 Å². The van der Waals surface area contributed by atoms with E-state index in [1.54, 1.807) is 0 Å². The van der Waals surface area contributed by atoms with Gasteiger partial charge in [-0.25, -0.2) is 4.98 Å². The molecular formula is C13H19BrN2O. The molecule has 17 heavy (non-hydrogen) atoms. The predicted octanol–water partition coefficient (Wildman–Crippen LogP) is 3.10. The maximum atomic E-state index is 5.52. The number of nitrogens with zero attached hydrogens (tertiary/aromatic N) is 2. The number of halogens is 1. The Labute approximate surface area is 111 Å². The van der Waals surface area contributed by atoms with Crippen LogP contribution in [0.4, 0.5) is 5.82 Å². The molecule has 1 aliphatic heterocycles. The lowest BCUT2D eigenvalue weighted by Crippen LogP contribution is -2.37. The Hall–Kier alpha value is -0.610. The molecule has 0 bridgehead atoms. The molecule has 4 heteroatoms. The first-order valence-corrected chi connectivity index (χ1v) is 7.03. The second-order valence-corrected chi connectivity index (χ2v) is 5.36. The van der Waals surface area contributed by atoms with Crippen molar-refractivity contribution in [3.63, 3.8) is 0 Å². The van der Waals surface area contributed by atoms with E-state index in [4.69, 9.17) is 4.74 Å². The molecule has 0 aromatic carbocycles. The fourth-order valence-electron chi connectivity index (χ4n) is 2.25. The average Bonchev–Trinajstić information content (AvgIpc) is 2.37. The summed E-state index contributed by atoms with van der Waals surface area (Å²) in [7, 11) is 0. The third kappa shape index (κ3) is 3.68. The molecule has 0 N–H and O–H groups in total. The van der Waals surface area contributed by atoms with E-state index in [2.05, 4.69) is 44.9 Å². The first-order chi connectivity index (χ1) is 8.29. The summed E-state index contributed by atoms with van der Waals surface area (Å²) in [4.78, 5) is 6.82. The lowest BCUT2D eigenvalue weighted by Gasteiger charge is -2.33. The van der Waals surface area contributed by atoms with Gasteiger partial charge in [-0.05, 0) is 53.7 Å². The predicted molar refractivity (Wildman–Crippen MR) is 73.4 cm³/mol. The van der Waals surface area contributed by atoms with E-state index in [0.29, 0.717) is 5.92 Å². The fraction of sp³-hybridized carbons (Fsp3) is 0.615. The largest absolute Gasteiger partial charge is 0.381 e. The molecule has 0 radical (unpaired) electrons. The molecular weight excluding hydrogens is 280 g/mol. The van der Waals surface area contributed by atoms with E-state index < -0.39 is 0 Å². The quantitative estimate of drug-likeness (QED) is 0.854. The average molecular weight is 299 g/mol. The Bertz CT molecular complexity index is 342. The highest BCUT2D eigenvalue weighted by Gasteiger charge is 2.20. The maximum absolute atomic E-state index is 5.52. The highest BCUT2D eigenvalue weighted by molar-refractivity contribution is 9.10. The zero-order valence-corrected chi connectivity index (χ0v) is 11.8. The van der Waals surface area contributed by atoms with Gasteiger partial charge in [0, 0.05) is 30.4 Å². The second-order valence-electron chi connectivity index (χ2n) is 4.45. The third-order valence-electron chi connectivity index (χ3n) is 3.11. The number of hydrogen-bond donors (Lipinski definition) is 0. The first-order valence-electron chi connectivity index (χ1n) is 6.24. The highest BCUT2D eigenvalue weighted by Crippen LogP contribution is 2.22. The van der Waals surface area contributed by atoms with Gasteiger partial charge in [-0.3, -0.25) is 0 Å². The van der Waals surface area contributed by atoms with Gasteiger partial charge in [0.2, 0.25) is 0 Å². The standard InChI is InChI=1S/C13H19BrN2O/c1-2-17-10-11-4-3-7-16(9-11)13-6-5-12(14)8-15-13/h5-6,8,11H,2-4,7,9-10H2,1H3. The lowest BCUT2D eigenvalue weighted by molar-refractivity contribution is 0.104. The zero-order chi connectivity index (χ0) is 12.1. The van der Waals surface area contributed by atoms with E-state index in [0.717, 1.165) is 36.6 Å². The van der Waals surface area contributed by atoms with Crippen molar-refractivity contribution in [1.29, 1.82) is 0 Å². The summed E-state index contributed by atoms with van der Waals surface area (Å²) < 4.78 is 6.55. The second kappa shape index (κ2) is 6.36. The van der Waals surface area contributed by atoms with Gasteiger partial charge in [0.15, 0.2) is 0 Å². The highest BCUT2D eigenvalue weighted by atomic mass is 79.9. The Morgan fingerprint density at radius 1 is 1.53 bits per heavy atom. The van der Waals surface area contributed by atoms with E-state index in [9.17, 15) is 0 Å². The molecule has 3 nitrogen and oxygen atoms in total. The third-order valence-corrected chi connectivity index (χ3v) is 3.58. The van der Waals surface area contributed by atoms with Crippen LogP contribution < -0.4 is 4.90 Å². The van der Waals surface area contributed by atoms with Crippen molar-refractivity contribution in [3.05, 3.63) is 22.8 Å². The first kappa shape index (κ1) is 12.8. The van der Waals surface area contributed by atoms with Gasteiger partial charge in [-0.1, -0.05) is 0 Å². The molecule has 2 rings (SSSR count). The molecule has 1 atom stereocenters. The molecule has 0 amide bonds. The van der Waals surface area contributed by atoms with Gasteiger partial charge >= 0.3 is 0 Å². The molecule has 2 heterocycles. The zero-order valence-electron chi connectivity index (χ0n) is 10.2. The molecule has 0 aliphatic carbocycles. The Kier molecular flexibility index (Phi) is 4.80. The lowest BCUT2D eigenvalue weighted by atomic mass is 9.99. The van der Waals surface area contributed by atoms with E-state index in [-0.39, 0.29) is 0 Å². The van der Waals surface area contributed by atoms with Crippen molar-refractivity contribution < 1.29 is 4.74 Å². The van der Waals surface area contributed by atoms with Crippen LogP contribution >= 0.6 is 15.9 Å². The fourth-order valence-corrected chi connectivity index (χ4v) is 2.48. The number of rotatable bonds is 4. The minimum absolute atomic E-state index is 0.647. The van der Waals surface area contributed by atoms with Crippen molar-refractivity contribution in [2.75, 3.05) is 31.2 Å². The van der Waals surface area contributed by atoms with Crippen LogP contribution in [0.5, 0.6) is 0 Å². The normalized spacial score (nSPS) is 20.6. The Morgan fingerprint density at radius 2 is 2.41 bits per heavy atom. The van der Waals surface area contributed by atoms with Crippen LogP contribution in [0.3, 0.4) is 0 Å². The molecule has 1 aromatic rings. The molecule has 1 aliphatic rings. The van der Waals surface area contributed by atoms with Gasteiger partial charge in [0.05, 0.1) is 6.61 Å². The maximum Gasteiger partial charge on any atom is 0.128 e. The van der Waals surface area contributed by atoms with Gasteiger partial charge in [0.1, 0.15) is 5.82 Å². The minimum Gasteiger partial charge on any atom is -0.381 e. The van der Waals surface area contributed by atoms with Crippen molar-refractivity contribution in [2.24, 2.45) is 5.92 Å². The summed E-state index contributed by atoms with van der Waals surface area (Å²) in [5, 5.41) is 0. The molecule has 1 fully saturated rings. The Balaban J connectivity index is 1.94. The molecule has 94 valence electrons. The van der Waals surface area contributed by atoms with Crippen LogP contribution in [0.1, 0.15) is 19.8 Å². The molecule has 0 saturated carbocycles. The number of hydrogen-bond acceptors (Lipinski definition) is 3. The topological polar surface area (TPSA) is 25.4 Å². The van der Waals surface area contributed by atoms with Crippen LogP contribution in [0.15, 0.2) is 22.8 Å². The van der Waals surface area contributed by atoms with Crippen molar-refractivity contribution in [2.45, 2.75) is 19.8 Å². The van der Waals surface area contributed by atoms with Gasteiger partial charge < -0.3 is 9.64 Å². The number of aromatic nitrogens is 1. The number of anilines is 1. The van der Waals surface area contributed by atoms with E-state index in [1.807, 2.05) is 6.20 Å². The molecule has 1 aromatic heterocycles. The van der Waals surface area contributed by atoms with E-state index in [1.165, 1.54) is 12.8 Å². The monoisotopic (exact) mass is 298 g/mol. The summed E-state index contributed by atoms with van der Waals surface area (Å²) in [6, 6.07) is 4.13. The van der Waals surface area contributed by atoms with Crippen molar-refractivity contribution >= 4 is 21.7 Å². The smallest absolute Gasteiger partial charge is 0.128 e. The van der Waals surface area contributed by atoms with Crippen LogP contribution in [-0.2, 0) is 4.74 Å². The van der Waals surface area contributed by atoms with Gasteiger partial charge in [-0.15, -0.1) is 0 Å².